The predicted octanol–water partition coefficient (Wildman–Crippen LogP) is 1.40. The summed E-state index contributed by atoms with van der Waals surface area (Å²) < 4.78 is 40.4. The Morgan fingerprint density at radius 3 is 2.89 bits per heavy atom. The molecule has 9 heteroatoms. The lowest BCUT2D eigenvalue weighted by Gasteiger charge is -2.24. The average molecular weight is 393 g/mol. The molecular formula is C18H23N3O5S. The van der Waals surface area contributed by atoms with Crippen LogP contribution in [0, 0.1) is 0 Å². The van der Waals surface area contributed by atoms with Crippen molar-refractivity contribution < 1.29 is 22.7 Å². The van der Waals surface area contributed by atoms with E-state index >= 15 is 0 Å². The summed E-state index contributed by atoms with van der Waals surface area (Å²) in [6.07, 6.45) is 3.22. The van der Waals surface area contributed by atoms with Crippen LogP contribution in [-0.4, -0.2) is 50.7 Å². The van der Waals surface area contributed by atoms with Gasteiger partial charge in [0.15, 0.2) is 0 Å². The van der Waals surface area contributed by atoms with Crippen LogP contribution < -0.4 is 10.1 Å². The fourth-order valence-electron chi connectivity index (χ4n) is 3.04. The van der Waals surface area contributed by atoms with Crippen molar-refractivity contribution >= 4 is 21.8 Å². The number of benzene rings is 1. The zero-order valence-corrected chi connectivity index (χ0v) is 16.2. The molecule has 0 radical (unpaired) electrons. The van der Waals surface area contributed by atoms with Crippen molar-refractivity contribution in [2.24, 2.45) is 4.40 Å². The second-order valence-corrected chi connectivity index (χ2v) is 7.95. The highest BCUT2D eigenvalue weighted by Crippen LogP contribution is 2.24. The zero-order chi connectivity index (χ0) is 19.4. The molecule has 3 rings (SSSR count). The number of methoxy groups -OCH3 is 1. The van der Waals surface area contributed by atoms with E-state index in [1.165, 1.54) is 20.2 Å². The molecule has 0 aliphatic carbocycles. The van der Waals surface area contributed by atoms with Crippen LogP contribution in [0.15, 0.2) is 40.4 Å². The molecule has 2 aliphatic rings. The van der Waals surface area contributed by atoms with Gasteiger partial charge >= 0.3 is 10.2 Å². The summed E-state index contributed by atoms with van der Waals surface area (Å²) in [5.74, 6) is 0.198. The van der Waals surface area contributed by atoms with E-state index in [-0.39, 0.29) is 29.8 Å². The van der Waals surface area contributed by atoms with Crippen LogP contribution in [0.25, 0.3) is 0 Å². The quantitative estimate of drug-likeness (QED) is 0.788. The smallest absolute Gasteiger partial charge is 0.344 e. The van der Waals surface area contributed by atoms with Gasteiger partial charge in [-0.15, -0.1) is 4.40 Å². The minimum Gasteiger partial charge on any atom is -0.496 e. The molecule has 1 atom stereocenters. The maximum absolute atomic E-state index is 12.5. The van der Waals surface area contributed by atoms with Gasteiger partial charge in [-0.25, -0.2) is 0 Å². The molecule has 146 valence electrons. The summed E-state index contributed by atoms with van der Waals surface area (Å²) in [5, 5.41) is 2.80. The lowest BCUT2D eigenvalue weighted by molar-refractivity contribution is -0.117. The van der Waals surface area contributed by atoms with Crippen molar-refractivity contribution in [3.8, 4) is 5.75 Å². The number of rotatable bonds is 6. The van der Waals surface area contributed by atoms with Crippen LogP contribution in [0.3, 0.4) is 0 Å². The summed E-state index contributed by atoms with van der Waals surface area (Å²) in [6, 6.07) is 7.11. The Bertz CT molecular complexity index is 873. The van der Waals surface area contributed by atoms with Crippen LogP contribution >= 0.6 is 0 Å². The molecule has 2 aliphatic heterocycles. The van der Waals surface area contributed by atoms with Gasteiger partial charge in [0.2, 0.25) is 0 Å². The van der Waals surface area contributed by atoms with Gasteiger partial charge in [-0.2, -0.15) is 8.42 Å². The van der Waals surface area contributed by atoms with E-state index in [4.69, 9.17) is 9.47 Å². The number of nitrogens with one attached hydrogen (secondary N) is 1. The van der Waals surface area contributed by atoms with Gasteiger partial charge in [0.25, 0.3) is 5.91 Å². The number of carbonyl (C=O) groups is 1. The number of carbonyl (C=O) groups excluding carboxylic acids is 1. The van der Waals surface area contributed by atoms with Gasteiger partial charge in [-0.1, -0.05) is 18.2 Å². The molecule has 8 nitrogen and oxygen atoms in total. The minimum atomic E-state index is -3.91. The Morgan fingerprint density at radius 2 is 2.19 bits per heavy atom. The summed E-state index contributed by atoms with van der Waals surface area (Å²) in [6.45, 7) is 2.62. The number of nitrogens with zero attached hydrogens (tertiary/aromatic N) is 2. The highest BCUT2D eigenvalue weighted by Gasteiger charge is 2.29. The third kappa shape index (κ3) is 4.48. The molecular weight excluding hydrogens is 370 g/mol. The summed E-state index contributed by atoms with van der Waals surface area (Å²) in [7, 11) is -2.39. The van der Waals surface area contributed by atoms with Crippen molar-refractivity contribution in [1.82, 2.24) is 9.62 Å². The fraction of sp³-hybridized carbons (Fsp3) is 0.444. The Morgan fingerprint density at radius 1 is 1.41 bits per heavy atom. The van der Waals surface area contributed by atoms with Gasteiger partial charge in [-0.3, -0.25) is 9.10 Å². The predicted molar refractivity (Wildman–Crippen MR) is 101 cm³/mol. The molecule has 27 heavy (non-hydrogen) atoms. The van der Waals surface area contributed by atoms with Gasteiger partial charge < -0.3 is 14.8 Å². The molecule has 0 bridgehead atoms. The van der Waals surface area contributed by atoms with E-state index in [0.29, 0.717) is 24.5 Å². The maximum Gasteiger partial charge on any atom is 0.344 e. The highest BCUT2D eigenvalue weighted by molar-refractivity contribution is 7.88. The summed E-state index contributed by atoms with van der Waals surface area (Å²) >= 11 is 0. The van der Waals surface area contributed by atoms with Crippen LogP contribution in [0.4, 0.5) is 0 Å². The van der Waals surface area contributed by atoms with Crippen LogP contribution in [0.1, 0.15) is 25.3 Å². The first-order valence-electron chi connectivity index (χ1n) is 8.73. The molecule has 2 heterocycles. The van der Waals surface area contributed by atoms with Gasteiger partial charge in [-0.05, 0) is 25.8 Å². The largest absolute Gasteiger partial charge is 0.496 e. The number of hydrogen-bond acceptors (Lipinski definition) is 5. The Labute approximate surface area is 159 Å². The molecule has 1 amide bonds. The molecule has 1 aromatic rings. The first-order valence-corrected chi connectivity index (χ1v) is 10.1. The molecule has 0 spiro atoms. The van der Waals surface area contributed by atoms with E-state index in [0.717, 1.165) is 17.1 Å². The molecule has 1 saturated heterocycles. The number of hydrogen-bond donors (Lipinski definition) is 1. The van der Waals surface area contributed by atoms with Gasteiger partial charge in [0, 0.05) is 24.9 Å². The number of amides is 1. The first kappa shape index (κ1) is 19.4. The molecule has 1 unspecified atom stereocenters. The van der Waals surface area contributed by atoms with Gasteiger partial charge in [0.05, 0.1) is 31.0 Å². The van der Waals surface area contributed by atoms with Crippen molar-refractivity contribution in [3.05, 3.63) is 41.6 Å². The highest BCUT2D eigenvalue weighted by atomic mass is 32.2. The fourth-order valence-corrected chi connectivity index (χ4v) is 4.13. The number of para-hydroxylation sites is 1. The Hall–Kier alpha value is -2.39. The molecule has 1 N–H and O–H groups in total. The summed E-state index contributed by atoms with van der Waals surface area (Å²) in [5.41, 5.74) is 1.06. The van der Waals surface area contributed by atoms with E-state index in [9.17, 15) is 13.2 Å². The lowest BCUT2D eigenvalue weighted by Crippen LogP contribution is -2.38. The molecule has 1 aromatic carbocycles. The van der Waals surface area contributed by atoms with E-state index in [1.807, 2.05) is 0 Å². The first-order chi connectivity index (χ1) is 12.9. The lowest BCUT2D eigenvalue weighted by atomic mass is 10.1. The zero-order valence-electron chi connectivity index (χ0n) is 15.3. The van der Waals surface area contributed by atoms with Gasteiger partial charge in [0.1, 0.15) is 5.75 Å². The Kier molecular flexibility index (Phi) is 5.81. The molecule has 1 fully saturated rings. The summed E-state index contributed by atoms with van der Waals surface area (Å²) in [4.78, 5) is 12.5. The van der Waals surface area contributed by atoms with Crippen LogP contribution in [0.5, 0.6) is 5.75 Å². The van der Waals surface area contributed by atoms with E-state index in [2.05, 4.69) is 9.71 Å². The second kappa shape index (κ2) is 8.10. The second-order valence-electron chi connectivity index (χ2n) is 6.40. The number of ether oxygens (including phenoxy) is 2. The van der Waals surface area contributed by atoms with Crippen LogP contribution in [0.2, 0.25) is 0 Å². The van der Waals surface area contributed by atoms with Crippen molar-refractivity contribution in [2.45, 2.75) is 32.4 Å². The minimum absolute atomic E-state index is 0.00352. The third-order valence-corrected chi connectivity index (χ3v) is 5.82. The van der Waals surface area contributed by atoms with Crippen molar-refractivity contribution in [2.75, 3.05) is 20.3 Å². The molecule has 0 aromatic heterocycles. The van der Waals surface area contributed by atoms with E-state index < -0.39 is 10.2 Å². The topological polar surface area (TPSA) is 97.3 Å². The van der Waals surface area contributed by atoms with Crippen LogP contribution in [-0.2, 0) is 26.3 Å². The van der Waals surface area contributed by atoms with Crippen molar-refractivity contribution in [3.63, 3.8) is 0 Å². The third-order valence-electron chi connectivity index (χ3n) is 4.49. The standard InChI is InChI=1S/C18H23N3O5S/c1-13-16(18(22)19-10-15-7-5-9-26-15)12-21(27(23,24)20-13)11-14-6-3-4-8-17(14)25-2/h3-4,6,8,12,15H,5,7,9-11H2,1-2H3,(H,19,22). The normalized spacial score (nSPS) is 21.4. The van der Waals surface area contributed by atoms with E-state index in [1.54, 1.807) is 24.3 Å². The van der Waals surface area contributed by atoms with Crippen molar-refractivity contribution in [1.29, 1.82) is 0 Å². The maximum atomic E-state index is 12.5. The Balaban J connectivity index is 1.79. The average Bonchev–Trinajstić information content (AvgIpc) is 3.15. The monoisotopic (exact) mass is 393 g/mol. The molecule has 0 saturated carbocycles. The SMILES string of the molecule is COc1ccccc1CN1C=C(C(=O)NCC2CCCO2)C(C)=NS1(=O)=O.